The van der Waals surface area contributed by atoms with Crippen LogP contribution in [-0.2, 0) is 14.3 Å². The zero-order chi connectivity index (χ0) is 18.2. The minimum Gasteiger partial charge on any atom is -0.481 e. The molecular weight excluding hydrogens is 320 g/mol. The Bertz CT molecular complexity index is 787. The normalized spacial score (nSPS) is 9.80. The number of esters is 1. The summed E-state index contributed by atoms with van der Waals surface area (Å²) in [6.07, 6.45) is 0. The maximum absolute atomic E-state index is 11.8. The van der Waals surface area contributed by atoms with Crippen molar-refractivity contribution in [3.63, 3.8) is 0 Å². The van der Waals surface area contributed by atoms with Crippen molar-refractivity contribution in [3.05, 3.63) is 59.2 Å². The molecule has 0 atom stereocenters. The predicted octanol–water partition coefficient (Wildman–Crippen LogP) is 2.74. The minimum absolute atomic E-state index is 0.268. The lowest BCUT2D eigenvalue weighted by atomic mass is 10.1. The minimum atomic E-state index is -0.627. The van der Waals surface area contributed by atoms with Gasteiger partial charge in [0.15, 0.2) is 13.2 Å². The summed E-state index contributed by atoms with van der Waals surface area (Å²) < 4.78 is 10.4. The van der Waals surface area contributed by atoms with Gasteiger partial charge in [-0.15, -0.1) is 0 Å². The Kier molecular flexibility index (Phi) is 6.13. The van der Waals surface area contributed by atoms with Gasteiger partial charge in [0.25, 0.3) is 5.91 Å². The van der Waals surface area contributed by atoms with Gasteiger partial charge in [-0.1, -0.05) is 18.2 Å². The first-order valence-electron chi connectivity index (χ1n) is 7.64. The van der Waals surface area contributed by atoms with E-state index in [0.717, 1.165) is 11.1 Å². The molecule has 0 aliphatic carbocycles. The van der Waals surface area contributed by atoms with Crippen LogP contribution in [0.2, 0.25) is 0 Å². The van der Waals surface area contributed by atoms with E-state index in [1.165, 1.54) is 0 Å². The zero-order valence-electron chi connectivity index (χ0n) is 14.0. The first-order chi connectivity index (χ1) is 12.0. The summed E-state index contributed by atoms with van der Waals surface area (Å²) in [7, 11) is 0. The number of para-hydroxylation sites is 1. The van der Waals surface area contributed by atoms with Crippen molar-refractivity contribution in [1.29, 1.82) is 5.26 Å². The van der Waals surface area contributed by atoms with E-state index in [9.17, 15) is 9.59 Å². The molecule has 0 heterocycles. The van der Waals surface area contributed by atoms with Crippen LogP contribution in [0.5, 0.6) is 5.75 Å². The molecule has 0 bridgehead atoms. The predicted molar refractivity (Wildman–Crippen MR) is 92.2 cm³/mol. The van der Waals surface area contributed by atoms with Crippen LogP contribution in [-0.4, -0.2) is 25.1 Å². The maximum atomic E-state index is 11.8. The number of ether oxygens (including phenoxy) is 2. The molecule has 25 heavy (non-hydrogen) atoms. The number of hydrogen-bond donors (Lipinski definition) is 1. The van der Waals surface area contributed by atoms with Crippen molar-refractivity contribution in [2.45, 2.75) is 13.8 Å². The molecule has 0 spiro atoms. The molecular formula is C19H18N2O4. The number of carbonyl (C=O) groups excluding carboxylic acids is 2. The first kappa shape index (κ1) is 18.0. The third kappa shape index (κ3) is 5.36. The van der Waals surface area contributed by atoms with Gasteiger partial charge in [-0.25, -0.2) is 4.79 Å². The van der Waals surface area contributed by atoms with E-state index in [1.54, 1.807) is 24.3 Å². The van der Waals surface area contributed by atoms with Crippen LogP contribution in [0.1, 0.15) is 16.7 Å². The second kappa shape index (κ2) is 8.50. The highest BCUT2D eigenvalue weighted by Gasteiger charge is 2.11. The molecule has 0 saturated heterocycles. The summed E-state index contributed by atoms with van der Waals surface area (Å²) in [5.41, 5.74) is 2.86. The van der Waals surface area contributed by atoms with Gasteiger partial charge in [0, 0.05) is 5.69 Å². The van der Waals surface area contributed by atoms with E-state index in [-0.39, 0.29) is 6.61 Å². The number of amides is 1. The average Bonchev–Trinajstić information content (AvgIpc) is 2.60. The van der Waals surface area contributed by atoms with Crippen molar-refractivity contribution in [1.82, 2.24) is 0 Å². The first-order valence-corrected chi connectivity index (χ1v) is 7.64. The molecule has 0 aliphatic rings. The molecule has 1 N–H and O–H groups in total. The van der Waals surface area contributed by atoms with Gasteiger partial charge in [-0.3, -0.25) is 4.79 Å². The molecule has 0 aliphatic heterocycles. The van der Waals surface area contributed by atoms with E-state index in [2.05, 4.69) is 5.32 Å². The van der Waals surface area contributed by atoms with Gasteiger partial charge < -0.3 is 14.8 Å². The molecule has 2 aromatic rings. The number of aryl methyl sites for hydroxylation is 2. The van der Waals surface area contributed by atoms with Gasteiger partial charge >= 0.3 is 5.97 Å². The smallest absolute Gasteiger partial charge is 0.344 e. The Labute approximate surface area is 146 Å². The second-order valence-electron chi connectivity index (χ2n) is 5.41. The molecule has 0 radical (unpaired) electrons. The largest absolute Gasteiger partial charge is 0.481 e. The van der Waals surface area contributed by atoms with Crippen LogP contribution in [0, 0.1) is 25.2 Å². The standard InChI is InChI=1S/C19H18N2O4/c1-13-4-3-5-14(2)19(13)25-12-18(23)24-11-17(22)21-16-8-6-15(10-20)7-9-16/h3-9H,11-12H2,1-2H3,(H,21,22). The van der Waals surface area contributed by atoms with Crippen molar-refractivity contribution in [2.24, 2.45) is 0 Å². The van der Waals surface area contributed by atoms with Gasteiger partial charge in [0.1, 0.15) is 5.75 Å². The quantitative estimate of drug-likeness (QED) is 0.818. The number of rotatable bonds is 6. The molecule has 128 valence electrons. The van der Waals surface area contributed by atoms with Crippen LogP contribution < -0.4 is 10.1 Å². The number of nitrogens with zero attached hydrogens (tertiary/aromatic N) is 1. The van der Waals surface area contributed by atoms with Crippen molar-refractivity contribution < 1.29 is 19.1 Å². The summed E-state index contributed by atoms with van der Waals surface area (Å²) in [5, 5.41) is 11.3. The molecule has 6 nitrogen and oxygen atoms in total. The van der Waals surface area contributed by atoms with E-state index in [1.807, 2.05) is 38.1 Å². The highest BCUT2D eigenvalue weighted by molar-refractivity contribution is 5.92. The van der Waals surface area contributed by atoms with Crippen LogP contribution in [0.4, 0.5) is 5.69 Å². The monoisotopic (exact) mass is 338 g/mol. The second-order valence-corrected chi connectivity index (χ2v) is 5.41. The highest BCUT2D eigenvalue weighted by atomic mass is 16.6. The third-order valence-electron chi connectivity index (χ3n) is 3.41. The number of anilines is 1. The van der Waals surface area contributed by atoms with Crippen LogP contribution >= 0.6 is 0 Å². The fourth-order valence-electron chi connectivity index (χ4n) is 2.17. The summed E-state index contributed by atoms with van der Waals surface area (Å²) in [6, 6.07) is 14.0. The number of hydrogen-bond acceptors (Lipinski definition) is 5. The van der Waals surface area contributed by atoms with Gasteiger partial charge in [-0.05, 0) is 49.2 Å². The van der Waals surface area contributed by atoms with Crippen molar-refractivity contribution in [3.8, 4) is 11.8 Å². The summed E-state index contributed by atoms with van der Waals surface area (Å²) >= 11 is 0. The number of nitriles is 1. The highest BCUT2D eigenvalue weighted by Crippen LogP contribution is 2.22. The van der Waals surface area contributed by atoms with Crippen molar-refractivity contribution >= 4 is 17.6 Å². The molecule has 6 heteroatoms. The Morgan fingerprint density at radius 3 is 2.28 bits per heavy atom. The summed E-state index contributed by atoms with van der Waals surface area (Å²) in [6.45, 7) is 3.10. The lowest BCUT2D eigenvalue weighted by Crippen LogP contribution is -2.23. The van der Waals surface area contributed by atoms with E-state index < -0.39 is 18.5 Å². The fourth-order valence-corrected chi connectivity index (χ4v) is 2.17. The lowest BCUT2D eigenvalue weighted by Gasteiger charge is -2.11. The molecule has 2 rings (SSSR count). The fraction of sp³-hybridized carbons (Fsp3) is 0.211. The Hall–Kier alpha value is -3.33. The zero-order valence-corrected chi connectivity index (χ0v) is 14.0. The molecule has 0 aromatic heterocycles. The average molecular weight is 338 g/mol. The van der Waals surface area contributed by atoms with Gasteiger partial charge in [0.2, 0.25) is 0 Å². The SMILES string of the molecule is Cc1cccc(C)c1OCC(=O)OCC(=O)Nc1ccc(C#N)cc1. The lowest BCUT2D eigenvalue weighted by molar-refractivity contribution is -0.149. The Morgan fingerprint density at radius 1 is 1.04 bits per heavy atom. The molecule has 0 fully saturated rings. The number of benzene rings is 2. The van der Waals surface area contributed by atoms with E-state index in [4.69, 9.17) is 14.7 Å². The molecule has 1 amide bonds. The molecule has 0 unspecified atom stereocenters. The number of nitrogens with one attached hydrogen (secondary N) is 1. The summed E-state index contributed by atoms with van der Waals surface area (Å²) in [4.78, 5) is 23.5. The van der Waals surface area contributed by atoms with Crippen LogP contribution in [0.25, 0.3) is 0 Å². The molecule has 2 aromatic carbocycles. The van der Waals surface area contributed by atoms with Gasteiger partial charge in [0.05, 0.1) is 11.6 Å². The summed E-state index contributed by atoms with van der Waals surface area (Å²) in [5.74, 6) is -0.454. The van der Waals surface area contributed by atoms with Crippen LogP contribution in [0.15, 0.2) is 42.5 Å². The van der Waals surface area contributed by atoms with Crippen LogP contribution in [0.3, 0.4) is 0 Å². The van der Waals surface area contributed by atoms with Gasteiger partial charge in [-0.2, -0.15) is 5.26 Å². The third-order valence-corrected chi connectivity index (χ3v) is 3.41. The topological polar surface area (TPSA) is 88.4 Å². The van der Waals surface area contributed by atoms with E-state index in [0.29, 0.717) is 17.0 Å². The van der Waals surface area contributed by atoms with E-state index >= 15 is 0 Å². The Morgan fingerprint density at radius 2 is 1.68 bits per heavy atom. The maximum Gasteiger partial charge on any atom is 0.344 e. The number of carbonyl (C=O) groups is 2. The Balaban J connectivity index is 1.77. The molecule has 0 saturated carbocycles. The van der Waals surface area contributed by atoms with Crippen molar-refractivity contribution in [2.75, 3.05) is 18.5 Å².